The van der Waals surface area contributed by atoms with Crippen molar-refractivity contribution >= 4 is 47.3 Å². The van der Waals surface area contributed by atoms with Crippen LogP contribution in [0.4, 0.5) is 5.69 Å². The largest absolute Gasteiger partial charge is 0.424 e. The van der Waals surface area contributed by atoms with E-state index in [0.29, 0.717) is 22.0 Å². The summed E-state index contributed by atoms with van der Waals surface area (Å²) < 4.78 is 10.7. The van der Waals surface area contributed by atoms with Gasteiger partial charge in [0, 0.05) is 16.8 Å². The normalized spacial score (nSPS) is 19.4. The van der Waals surface area contributed by atoms with Crippen LogP contribution >= 0.6 is 23.7 Å². The van der Waals surface area contributed by atoms with E-state index in [0.717, 1.165) is 62.1 Å². The topological polar surface area (TPSA) is 76.1 Å². The van der Waals surface area contributed by atoms with Crippen LogP contribution in [0, 0.1) is 11.8 Å². The van der Waals surface area contributed by atoms with Gasteiger partial charge in [0.05, 0.1) is 11.3 Å². The second-order valence-corrected chi connectivity index (χ2v) is 12.3. The highest BCUT2D eigenvalue weighted by molar-refractivity contribution is 7.18. The lowest BCUT2D eigenvalue weighted by Crippen LogP contribution is -2.49. The first kappa shape index (κ1) is 31.7. The Morgan fingerprint density at radius 3 is 2.10 bits per heavy atom. The van der Waals surface area contributed by atoms with Crippen molar-refractivity contribution in [1.82, 2.24) is 4.90 Å². The average molecular weight is 611 g/mol. The van der Waals surface area contributed by atoms with E-state index >= 15 is 0 Å². The summed E-state index contributed by atoms with van der Waals surface area (Å²) >= 11 is 1.31. The SMILES string of the molecule is CC1CCC(C(=O)N(c2cc(-c3ccccc3)sc2C(=O)OCOC(=O)c2ccccc2)C2CCN(C)CC2)CC1.Cl. The molecule has 3 aromatic rings. The molecule has 2 aromatic carbocycles. The molecule has 0 bridgehead atoms. The van der Waals surface area contributed by atoms with Crippen molar-refractivity contribution < 1.29 is 23.9 Å². The van der Waals surface area contributed by atoms with E-state index in [1.165, 1.54) is 11.3 Å². The molecular formula is C33H39ClN2O5S. The number of thiophene rings is 1. The highest BCUT2D eigenvalue weighted by Crippen LogP contribution is 2.41. The highest BCUT2D eigenvalue weighted by atomic mass is 35.5. The van der Waals surface area contributed by atoms with Crippen LogP contribution in [0.3, 0.4) is 0 Å². The van der Waals surface area contributed by atoms with Crippen molar-refractivity contribution in [2.24, 2.45) is 11.8 Å². The van der Waals surface area contributed by atoms with E-state index in [1.54, 1.807) is 24.3 Å². The van der Waals surface area contributed by atoms with Gasteiger partial charge in [0.25, 0.3) is 0 Å². The molecule has 9 heteroatoms. The van der Waals surface area contributed by atoms with Crippen molar-refractivity contribution in [1.29, 1.82) is 0 Å². The van der Waals surface area contributed by atoms with E-state index in [4.69, 9.17) is 9.47 Å². The van der Waals surface area contributed by atoms with Crippen LogP contribution in [-0.4, -0.2) is 55.7 Å². The highest BCUT2D eigenvalue weighted by Gasteiger charge is 2.37. The Labute approximate surface area is 258 Å². The van der Waals surface area contributed by atoms with Crippen LogP contribution in [0.2, 0.25) is 0 Å². The number of hydrogen-bond acceptors (Lipinski definition) is 7. The zero-order chi connectivity index (χ0) is 28.8. The maximum Gasteiger partial charge on any atom is 0.353 e. The van der Waals surface area contributed by atoms with Gasteiger partial charge in [0.2, 0.25) is 12.7 Å². The van der Waals surface area contributed by atoms with Crippen LogP contribution in [0.25, 0.3) is 10.4 Å². The lowest BCUT2D eigenvalue weighted by Gasteiger charge is -2.40. The number of nitrogens with zero attached hydrogens (tertiary/aromatic N) is 2. The molecule has 0 spiro atoms. The Kier molecular flexibility index (Phi) is 11.2. The molecule has 0 unspecified atom stereocenters. The molecule has 2 heterocycles. The van der Waals surface area contributed by atoms with Gasteiger partial charge < -0.3 is 19.3 Å². The molecule has 1 amide bonds. The van der Waals surface area contributed by atoms with Gasteiger partial charge in [-0.2, -0.15) is 0 Å². The van der Waals surface area contributed by atoms with Crippen LogP contribution in [0.15, 0.2) is 66.7 Å². The summed E-state index contributed by atoms with van der Waals surface area (Å²) in [7, 11) is 2.10. The molecule has 1 aromatic heterocycles. The minimum atomic E-state index is -0.601. The second kappa shape index (κ2) is 14.8. The van der Waals surface area contributed by atoms with Gasteiger partial charge >= 0.3 is 11.9 Å². The molecule has 2 fully saturated rings. The summed E-state index contributed by atoms with van der Waals surface area (Å²) in [5.41, 5.74) is 1.95. The summed E-state index contributed by atoms with van der Waals surface area (Å²) in [6.07, 6.45) is 5.49. The van der Waals surface area contributed by atoms with E-state index in [9.17, 15) is 14.4 Å². The van der Waals surface area contributed by atoms with Crippen molar-refractivity contribution in [3.05, 3.63) is 77.2 Å². The number of esters is 2. The monoisotopic (exact) mass is 610 g/mol. The number of amides is 1. The van der Waals surface area contributed by atoms with Crippen LogP contribution in [0.5, 0.6) is 0 Å². The Morgan fingerprint density at radius 1 is 0.857 bits per heavy atom. The number of halogens is 1. The maximum absolute atomic E-state index is 14.3. The van der Waals surface area contributed by atoms with E-state index in [1.807, 2.05) is 47.4 Å². The fourth-order valence-electron chi connectivity index (χ4n) is 5.76. The van der Waals surface area contributed by atoms with Crippen molar-refractivity contribution in [2.45, 2.75) is 51.5 Å². The second-order valence-electron chi connectivity index (χ2n) is 11.2. The third-order valence-electron chi connectivity index (χ3n) is 8.26. The van der Waals surface area contributed by atoms with Gasteiger partial charge in [0.15, 0.2) is 0 Å². The standard InChI is InChI=1S/C33H38N2O5S.ClH/c1-23-13-15-25(16-14-23)31(36)35(27-17-19-34(2)20-18-27)28-21-29(24-9-5-3-6-10-24)41-30(28)33(38)40-22-39-32(37)26-11-7-4-8-12-26;/h3-12,21,23,25,27H,13-20,22H2,1-2H3;1H. The third kappa shape index (κ3) is 7.60. The summed E-state index contributed by atoms with van der Waals surface area (Å²) in [6.45, 7) is 3.52. The Bertz CT molecular complexity index is 1330. The number of piperidine rings is 1. The molecule has 5 rings (SSSR count). The fourth-order valence-corrected chi connectivity index (χ4v) is 6.81. The molecule has 0 N–H and O–H groups in total. The smallest absolute Gasteiger partial charge is 0.353 e. The molecule has 0 radical (unpaired) electrons. The summed E-state index contributed by atoms with van der Waals surface area (Å²) in [5.74, 6) is -0.485. The molecule has 42 heavy (non-hydrogen) atoms. The van der Waals surface area contributed by atoms with Gasteiger partial charge in [-0.05, 0) is 88.3 Å². The number of anilines is 1. The van der Waals surface area contributed by atoms with Crippen LogP contribution in [0.1, 0.15) is 65.5 Å². The molecule has 7 nitrogen and oxygen atoms in total. The number of rotatable bonds is 8. The molecule has 1 saturated carbocycles. The fraction of sp³-hybridized carbons (Fsp3) is 0.424. The van der Waals surface area contributed by atoms with Gasteiger partial charge in [-0.25, -0.2) is 9.59 Å². The predicted molar refractivity (Wildman–Crippen MR) is 168 cm³/mol. The summed E-state index contributed by atoms with van der Waals surface area (Å²) in [5, 5.41) is 0. The number of benzene rings is 2. The first-order valence-corrected chi connectivity index (χ1v) is 15.3. The maximum atomic E-state index is 14.3. The molecule has 1 aliphatic carbocycles. The molecule has 224 valence electrons. The van der Waals surface area contributed by atoms with Gasteiger partial charge in [-0.1, -0.05) is 55.5 Å². The minimum Gasteiger partial charge on any atom is -0.424 e. The lowest BCUT2D eigenvalue weighted by atomic mass is 9.82. The van der Waals surface area contributed by atoms with Gasteiger partial charge in [0.1, 0.15) is 4.88 Å². The predicted octanol–water partition coefficient (Wildman–Crippen LogP) is 7.06. The number of carbonyl (C=O) groups excluding carboxylic acids is 3. The first-order chi connectivity index (χ1) is 19.9. The van der Waals surface area contributed by atoms with Crippen molar-refractivity contribution in [3.63, 3.8) is 0 Å². The molecule has 2 aliphatic rings. The average Bonchev–Trinajstić information content (AvgIpc) is 3.44. The number of likely N-dealkylation sites (tertiary alicyclic amines) is 1. The van der Waals surface area contributed by atoms with E-state index in [2.05, 4.69) is 18.9 Å². The Balaban J connectivity index is 0.00000405. The zero-order valence-corrected chi connectivity index (χ0v) is 25.8. The third-order valence-corrected chi connectivity index (χ3v) is 9.41. The quantitative estimate of drug-likeness (QED) is 0.201. The van der Waals surface area contributed by atoms with Crippen LogP contribution in [-0.2, 0) is 14.3 Å². The molecule has 1 saturated heterocycles. The minimum absolute atomic E-state index is 0. The van der Waals surface area contributed by atoms with Crippen molar-refractivity contribution in [3.8, 4) is 10.4 Å². The summed E-state index contributed by atoms with van der Waals surface area (Å²) in [6, 6.07) is 20.4. The zero-order valence-electron chi connectivity index (χ0n) is 24.2. The Hall–Kier alpha value is -3.20. The molecule has 1 aliphatic heterocycles. The van der Waals surface area contributed by atoms with E-state index < -0.39 is 18.7 Å². The van der Waals surface area contributed by atoms with Crippen molar-refractivity contribution in [2.75, 3.05) is 31.8 Å². The van der Waals surface area contributed by atoms with Gasteiger partial charge in [-0.15, -0.1) is 23.7 Å². The molecular weight excluding hydrogens is 572 g/mol. The van der Waals surface area contributed by atoms with Crippen LogP contribution < -0.4 is 4.90 Å². The first-order valence-electron chi connectivity index (χ1n) is 14.5. The summed E-state index contributed by atoms with van der Waals surface area (Å²) in [4.78, 5) is 45.6. The Morgan fingerprint density at radius 2 is 1.45 bits per heavy atom. The van der Waals surface area contributed by atoms with E-state index in [-0.39, 0.29) is 30.3 Å². The molecule has 0 atom stereocenters. The van der Waals surface area contributed by atoms with Gasteiger partial charge in [-0.3, -0.25) is 4.79 Å². The lowest BCUT2D eigenvalue weighted by molar-refractivity contribution is -0.124. The number of ether oxygens (including phenoxy) is 2. The number of carbonyl (C=O) groups is 3. The number of hydrogen-bond donors (Lipinski definition) is 0.